The minimum Gasteiger partial charge on any atom is -0.394 e. The lowest BCUT2D eigenvalue weighted by Gasteiger charge is -2.43. The van der Waals surface area contributed by atoms with E-state index in [-0.39, 0.29) is 0 Å². The van der Waals surface area contributed by atoms with Crippen LogP contribution in [-0.4, -0.2) is 115 Å². The van der Waals surface area contributed by atoms with E-state index in [1.807, 2.05) is 0 Å². The molecule has 0 aromatic carbocycles. The molecule has 0 amide bonds. The van der Waals surface area contributed by atoms with Crippen LogP contribution in [0.3, 0.4) is 0 Å². The fourth-order valence-corrected chi connectivity index (χ4v) is 2.63. The van der Waals surface area contributed by atoms with E-state index in [4.69, 9.17) is 24.4 Å². The van der Waals surface area contributed by atoms with Gasteiger partial charge in [0.2, 0.25) is 5.79 Å². The summed E-state index contributed by atoms with van der Waals surface area (Å²) in [4.78, 5) is 0. The van der Waals surface area contributed by atoms with Crippen LogP contribution < -0.4 is 0 Å². The lowest BCUT2D eigenvalue weighted by atomic mass is 9.99. The molecular weight excluding hydrogens is 320 g/mol. The normalized spacial score (nSPS) is 51.1. The highest BCUT2D eigenvalue weighted by atomic mass is 16.8. The second kappa shape index (κ2) is 7.21. The van der Waals surface area contributed by atoms with Crippen molar-refractivity contribution in [3.63, 3.8) is 0 Å². The fourth-order valence-electron chi connectivity index (χ4n) is 2.63. The van der Waals surface area contributed by atoms with Gasteiger partial charge >= 0.3 is 0 Å². The van der Waals surface area contributed by atoms with Crippen LogP contribution in [0.2, 0.25) is 0 Å². The highest BCUT2D eigenvalue weighted by Crippen LogP contribution is 2.35. The number of hydrogen-bond donors (Lipinski definition) is 8. The molecule has 11 heteroatoms. The summed E-state index contributed by atoms with van der Waals surface area (Å²) < 4.78 is 15.4. The van der Waals surface area contributed by atoms with Gasteiger partial charge in [-0.3, -0.25) is 0 Å². The maximum atomic E-state index is 10.00. The van der Waals surface area contributed by atoms with Crippen LogP contribution in [0.25, 0.3) is 0 Å². The SMILES string of the molecule is OCC1O[C@@H](O[C@@]2(CO)O[C@@H](CO)C(O)C2O)C(O)C(O)[C@H]1O. The van der Waals surface area contributed by atoms with Gasteiger partial charge in [-0.25, -0.2) is 0 Å². The average Bonchev–Trinajstić information content (AvgIpc) is 2.80. The molecule has 5 unspecified atom stereocenters. The van der Waals surface area contributed by atoms with E-state index in [0.717, 1.165) is 0 Å². The van der Waals surface area contributed by atoms with Gasteiger partial charge in [-0.15, -0.1) is 0 Å². The molecule has 2 fully saturated rings. The van der Waals surface area contributed by atoms with E-state index in [2.05, 4.69) is 0 Å². The molecule has 23 heavy (non-hydrogen) atoms. The van der Waals surface area contributed by atoms with E-state index in [9.17, 15) is 30.6 Å². The van der Waals surface area contributed by atoms with Crippen molar-refractivity contribution in [1.82, 2.24) is 0 Å². The van der Waals surface area contributed by atoms with E-state index in [0.29, 0.717) is 0 Å². The van der Waals surface area contributed by atoms with Gasteiger partial charge in [-0.05, 0) is 0 Å². The summed E-state index contributed by atoms with van der Waals surface area (Å²) in [5.74, 6) is -2.22. The van der Waals surface area contributed by atoms with Crippen molar-refractivity contribution in [1.29, 1.82) is 0 Å². The first-order valence-corrected chi connectivity index (χ1v) is 7.05. The van der Waals surface area contributed by atoms with Gasteiger partial charge in [0, 0.05) is 0 Å². The third-order valence-corrected chi connectivity index (χ3v) is 4.07. The van der Waals surface area contributed by atoms with Crippen LogP contribution in [0.15, 0.2) is 0 Å². The van der Waals surface area contributed by atoms with Crippen LogP contribution in [0, 0.1) is 0 Å². The highest BCUT2D eigenvalue weighted by Gasteiger charge is 2.58. The van der Waals surface area contributed by atoms with E-state index < -0.39 is 74.6 Å². The molecule has 2 heterocycles. The summed E-state index contributed by atoms with van der Waals surface area (Å²) >= 11 is 0. The van der Waals surface area contributed by atoms with Gasteiger partial charge in [0.1, 0.15) is 49.3 Å². The van der Waals surface area contributed by atoms with Crippen molar-refractivity contribution < 1.29 is 55.1 Å². The van der Waals surface area contributed by atoms with E-state index in [1.165, 1.54) is 0 Å². The van der Waals surface area contributed by atoms with Gasteiger partial charge in [-0.2, -0.15) is 0 Å². The van der Waals surface area contributed by atoms with Crippen molar-refractivity contribution >= 4 is 0 Å². The van der Waals surface area contributed by atoms with E-state index >= 15 is 0 Å². The average molecular weight is 342 g/mol. The van der Waals surface area contributed by atoms with Crippen LogP contribution in [0.4, 0.5) is 0 Å². The van der Waals surface area contributed by atoms with Gasteiger partial charge < -0.3 is 55.1 Å². The van der Waals surface area contributed by atoms with Crippen LogP contribution >= 0.6 is 0 Å². The van der Waals surface area contributed by atoms with Crippen molar-refractivity contribution in [2.45, 2.75) is 54.8 Å². The molecule has 8 N–H and O–H groups in total. The van der Waals surface area contributed by atoms with Crippen molar-refractivity contribution in [2.24, 2.45) is 0 Å². The third-order valence-electron chi connectivity index (χ3n) is 4.07. The summed E-state index contributed by atoms with van der Waals surface area (Å²) in [6, 6.07) is 0. The Kier molecular flexibility index (Phi) is 5.92. The minimum absolute atomic E-state index is 0.669. The molecule has 11 nitrogen and oxygen atoms in total. The van der Waals surface area contributed by atoms with Crippen LogP contribution in [0.1, 0.15) is 0 Å². The topological polar surface area (TPSA) is 190 Å². The molecule has 136 valence electrons. The zero-order valence-electron chi connectivity index (χ0n) is 12.0. The van der Waals surface area contributed by atoms with Crippen molar-refractivity contribution in [3.8, 4) is 0 Å². The minimum atomic E-state index is -2.22. The third kappa shape index (κ3) is 3.23. The molecular formula is C12H22O11. The molecule has 9 atom stereocenters. The highest BCUT2D eigenvalue weighted by molar-refractivity contribution is 4.98. The van der Waals surface area contributed by atoms with Crippen molar-refractivity contribution in [2.75, 3.05) is 19.8 Å². The number of hydrogen-bond acceptors (Lipinski definition) is 11. The first-order valence-electron chi connectivity index (χ1n) is 7.05. The Bertz CT molecular complexity index is 393. The molecule has 2 saturated heterocycles. The summed E-state index contributed by atoms with van der Waals surface area (Å²) in [5.41, 5.74) is 0. The maximum Gasteiger partial charge on any atom is 0.224 e. The first kappa shape index (κ1) is 18.9. The summed E-state index contributed by atoms with van der Waals surface area (Å²) in [6.07, 6.45) is -12.7. The quantitative estimate of drug-likeness (QED) is 0.238. The zero-order valence-corrected chi connectivity index (χ0v) is 12.0. The number of aliphatic hydroxyl groups excluding tert-OH is 8. The molecule has 0 aliphatic carbocycles. The Morgan fingerprint density at radius 1 is 0.783 bits per heavy atom. The molecule has 0 saturated carbocycles. The second-order valence-electron chi connectivity index (χ2n) is 5.56. The fraction of sp³-hybridized carbons (Fsp3) is 1.00. The summed E-state index contributed by atoms with van der Waals surface area (Å²) in [5, 5.41) is 76.7. The first-order chi connectivity index (χ1) is 10.8. The van der Waals surface area contributed by atoms with Gasteiger partial charge in [0.15, 0.2) is 6.29 Å². The Balaban J connectivity index is 2.18. The predicted octanol–water partition coefficient (Wildman–Crippen LogP) is -5.40. The van der Waals surface area contributed by atoms with Gasteiger partial charge in [-0.1, -0.05) is 0 Å². The van der Waals surface area contributed by atoms with Crippen LogP contribution in [-0.2, 0) is 14.2 Å². The molecule has 0 aromatic rings. The molecule has 0 spiro atoms. The van der Waals surface area contributed by atoms with Crippen LogP contribution in [0.5, 0.6) is 0 Å². The maximum absolute atomic E-state index is 10.00. The lowest BCUT2D eigenvalue weighted by molar-refractivity contribution is -0.383. The molecule has 2 aliphatic rings. The van der Waals surface area contributed by atoms with Gasteiger partial charge in [0.25, 0.3) is 0 Å². The molecule has 0 radical (unpaired) electrons. The zero-order chi connectivity index (χ0) is 17.4. The summed E-state index contributed by atoms with van der Waals surface area (Å²) in [6.45, 7) is -2.32. The van der Waals surface area contributed by atoms with Crippen molar-refractivity contribution in [3.05, 3.63) is 0 Å². The lowest BCUT2D eigenvalue weighted by Crippen LogP contribution is -2.62. The Labute approximate surface area is 130 Å². The smallest absolute Gasteiger partial charge is 0.224 e. The van der Waals surface area contributed by atoms with E-state index in [1.54, 1.807) is 0 Å². The number of rotatable bonds is 5. The Hall–Kier alpha value is -0.440. The largest absolute Gasteiger partial charge is 0.394 e. The second-order valence-corrected chi connectivity index (χ2v) is 5.56. The number of aliphatic hydroxyl groups is 8. The predicted molar refractivity (Wildman–Crippen MR) is 68.6 cm³/mol. The molecule has 0 bridgehead atoms. The Morgan fingerprint density at radius 2 is 1.39 bits per heavy atom. The number of ether oxygens (including phenoxy) is 3. The molecule has 2 aliphatic heterocycles. The monoisotopic (exact) mass is 342 g/mol. The Morgan fingerprint density at radius 3 is 1.87 bits per heavy atom. The molecule has 0 aromatic heterocycles. The molecule has 2 rings (SSSR count). The summed E-state index contributed by atoms with van der Waals surface area (Å²) in [7, 11) is 0. The standard InChI is InChI=1S/C12H22O11/c13-1-4-6(16)8(18)9(19)11(21-4)23-12(3-15)10(20)7(17)5(2-14)22-12/h4-11,13-20H,1-3H2/t4?,5-,6-,7?,8?,9?,10?,11-,12+/m0/s1. The van der Waals surface area contributed by atoms with Gasteiger partial charge in [0.05, 0.1) is 13.2 Å².